The molecule has 29 atom stereocenters. The molecule has 0 amide bonds. The lowest BCUT2D eigenvalue weighted by Crippen LogP contribution is -2.68. The van der Waals surface area contributed by atoms with Crippen LogP contribution in [0.5, 0.6) is 0 Å². The van der Waals surface area contributed by atoms with Crippen LogP contribution in [0, 0.1) is 50.2 Å². The highest BCUT2D eigenvalue weighted by Gasteiger charge is 2.72. The molecule has 4 heterocycles. The number of rotatable bonds is 11. The Morgan fingerprint density at radius 1 is 0.558 bits per heavy atom. The van der Waals surface area contributed by atoms with Crippen molar-refractivity contribution in [2.24, 2.45) is 50.2 Å². The molecule has 23 nitrogen and oxygen atoms in total. The van der Waals surface area contributed by atoms with Crippen molar-refractivity contribution in [3.05, 3.63) is 11.6 Å². The standard InChI is InChI=1S/C54H88O23/c1-22-32(59)35(62)39(66)44(70-22)76-43-37(64)34(61)26(20-56)72-47(43)74-31-12-13-51(6)28(50(31,4)5)11-14-52(7)29(51)10-9-23-24-17-49(2,3)15-16-54(24,30(58)18-53(23,52)8)48(69)77-46-41(68)38(65)42(27(21-57)73-46)75-45-40(67)36(63)33(60)25(19-55)71-45/h9,22,24-47,55-68H,10-21H2,1-8H3/t22-,24-,25+,26+,27+,28-,29+,30-,31-,32-,33+,34+,35+,36-,37-,38+,39+,40+,41+,42+,43+,44-,45-,46-,47-,51-,52+,53+,54+/m0/s1. The second-order valence-corrected chi connectivity index (χ2v) is 26.4. The molecular formula is C54H88O23. The number of fused-ring (bicyclic) bond motifs is 7. The first-order valence-electron chi connectivity index (χ1n) is 27.8. The zero-order valence-electron chi connectivity index (χ0n) is 45.4. The number of ether oxygens (including phenoxy) is 8. The summed E-state index contributed by atoms with van der Waals surface area (Å²) in [6.45, 7) is 14.7. The molecule has 0 aromatic heterocycles. The lowest BCUT2D eigenvalue weighted by Gasteiger charge is -2.72. The van der Waals surface area contributed by atoms with Crippen molar-refractivity contribution >= 4 is 5.97 Å². The molecule has 4 aliphatic heterocycles. The lowest BCUT2D eigenvalue weighted by molar-refractivity contribution is -0.376. The molecule has 8 fully saturated rings. The Hall–Kier alpha value is -1.63. The predicted molar refractivity (Wildman–Crippen MR) is 263 cm³/mol. The van der Waals surface area contributed by atoms with Gasteiger partial charge in [0.15, 0.2) is 18.9 Å². The fourth-order valence-electron chi connectivity index (χ4n) is 16.6. The first-order valence-corrected chi connectivity index (χ1v) is 27.8. The zero-order chi connectivity index (χ0) is 56.4. The molecule has 442 valence electrons. The number of carbonyl (C=O) groups is 1. The molecule has 0 aromatic rings. The van der Waals surface area contributed by atoms with Gasteiger partial charge >= 0.3 is 5.97 Å². The van der Waals surface area contributed by atoms with Crippen LogP contribution in [-0.2, 0) is 42.7 Å². The van der Waals surface area contributed by atoms with Crippen molar-refractivity contribution in [3.8, 4) is 0 Å². The van der Waals surface area contributed by atoms with Gasteiger partial charge in [0.05, 0.1) is 38.1 Å². The molecule has 9 rings (SSSR count). The monoisotopic (exact) mass is 1100 g/mol. The van der Waals surface area contributed by atoms with E-state index in [1.54, 1.807) is 0 Å². The average Bonchev–Trinajstić information content (AvgIpc) is 3.50. The maximum atomic E-state index is 15.1. The van der Waals surface area contributed by atoms with Crippen molar-refractivity contribution in [2.45, 2.75) is 248 Å². The van der Waals surface area contributed by atoms with Crippen molar-refractivity contribution < 1.29 is 114 Å². The molecule has 0 bridgehead atoms. The Balaban J connectivity index is 0.947. The van der Waals surface area contributed by atoms with E-state index >= 15 is 4.79 Å². The summed E-state index contributed by atoms with van der Waals surface area (Å²) in [5, 5.41) is 151. The van der Waals surface area contributed by atoms with E-state index in [-0.39, 0.29) is 35.5 Å². The Kier molecular flexibility index (Phi) is 16.8. The number of esters is 1. The van der Waals surface area contributed by atoms with E-state index in [4.69, 9.17) is 37.9 Å². The molecule has 0 spiro atoms. The van der Waals surface area contributed by atoms with Gasteiger partial charge in [-0.25, -0.2) is 0 Å². The predicted octanol–water partition coefficient (Wildman–Crippen LogP) is -2.04. The summed E-state index contributed by atoms with van der Waals surface area (Å²) in [5.74, 6) is -1.17. The summed E-state index contributed by atoms with van der Waals surface area (Å²) in [5.41, 5.74) is -2.51. The average molecular weight is 1110 g/mol. The number of allylic oxidation sites excluding steroid dienone is 2. The zero-order valence-corrected chi connectivity index (χ0v) is 45.4. The quantitative estimate of drug-likeness (QED) is 0.0602. The number of aliphatic hydroxyl groups excluding tert-OH is 14. The largest absolute Gasteiger partial charge is 0.432 e. The van der Waals surface area contributed by atoms with Crippen LogP contribution in [0.15, 0.2) is 11.6 Å². The van der Waals surface area contributed by atoms with Gasteiger partial charge in [-0.15, -0.1) is 0 Å². The van der Waals surface area contributed by atoms with E-state index in [1.165, 1.54) is 6.92 Å². The third-order valence-corrected chi connectivity index (χ3v) is 21.4. The number of hydrogen-bond acceptors (Lipinski definition) is 23. The van der Waals surface area contributed by atoms with Crippen LogP contribution in [0.4, 0.5) is 0 Å². The third kappa shape index (κ3) is 9.61. The maximum Gasteiger partial charge on any atom is 0.317 e. The molecule has 0 aromatic carbocycles. The van der Waals surface area contributed by atoms with Crippen LogP contribution in [-0.4, -0.2) is 232 Å². The normalized spacial score (nSPS) is 54.4. The van der Waals surface area contributed by atoms with Crippen LogP contribution in [0.3, 0.4) is 0 Å². The summed E-state index contributed by atoms with van der Waals surface area (Å²) < 4.78 is 47.9. The van der Waals surface area contributed by atoms with E-state index in [0.717, 1.165) is 18.4 Å². The summed E-state index contributed by atoms with van der Waals surface area (Å²) in [6.07, 6.45) is -26.3. The van der Waals surface area contributed by atoms with Crippen LogP contribution >= 0.6 is 0 Å². The van der Waals surface area contributed by atoms with Gasteiger partial charge in [0, 0.05) is 0 Å². The summed E-state index contributed by atoms with van der Waals surface area (Å²) in [7, 11) is 0. The summed E-state index contributed by atoms with van der Waals surface area (Å²) in [4.78, 5) is 15.1. The van der Waals surface area contributed by atoms with E-state index in [9.17, 15) is 71.5 Å². The second kappa shape index (κ2) is 21.5. The molecule has 14 N–H and O–H groups in total. The lowest BCUT2D eigenvalue weighted by atomic mass is 9.33. The molecule has 77 heavy (non-hydrogen) atoms. The van der Waals surface area contributed by atoms with E-state index in [1.807, 2.05) is 0 Å². The van der Waals surface area contributed by atoms with Crippen LogP contribution in [0.1, 0.15) is 113 Å². The van der Waals surface area contributed by atoms with Gasteiger partial charge < -0.3 is 109 Å². The van der Waals surface area contributed by atoms with E-state index in [2.05, 4.69) is 54.5 Å². The highest BCUT2D eigenvalue weighted by Crippen LogP contribution is 2.76. The van der Waals surface area contributed by atoms with Crippen molar-refractivity contribution in [1.29, 1.82) is 0 Å². The molecule has 4 saturated carbocycles. The number of hydrogen-bond donors (Lipinski definition) is 14. The summed E-state index contributed by atoms with van der Waals surface area (Å²) >= 11 is 0. The van der Waals surface area contributed by atoms with Crippen molar-refractivity contribution in [1.82, 2.24) is 0 Å². The minimum absolute atomic E-state index is 0.0666. The Labute approximate surface area is 449 Å². The Bertz CT molecular complexity index is 2130. The van der Waals surface area contributed by atoms with Gasteiger partial charge in [0.2, 0.25) is 6.29 Å². The smallest absolute Gasteiger partial charge is 0.317 e. The van der Waals surface area contributed by atoms with Crippen molar-refractivity contribution in [3.63, 3.8) is 0 Å². The fourth-order valence-corrected chi connectivity index (χ4v) is 16.6. The van der Waals surface area contributed by atoms with E-state index in [0.29, 0.717) is 32.1 Å². The highest BCUT2D eigenvalue weighted by molar-refractivity contribution is 5.80. The third-order valence-electron chi connectivity index (χ3n) is 21.4. The van der Waals surface area contributed by atoms with E-state index < -0.39 is 188 Å². The number of carbonyl (C=O) groups excluding carboxylic acids is 1. The molecule has 5 aliphatic carbocycles. The molecule has 23 heteroatoms. The maximum absolute atomic E-state index is 15.1. The van der Waals surface area contributed by atoms with Crippen LogP contribution in [0.25, 0.3) is 0 Å². The minimum atomic E-state index is -1.96. The minimum Gasteiger partial charge on any atom is -0.432 e. The molecule has 0 radical (unpaired) electrons. The fraction of sp³-hybridized carbons (Fsp3) is 0.944. The van der Waals surface area contributed by atoms with Gasteiger partial charge in [0.1, 0.15) is 97.0 Å². The molecule has 0 unspecified atom stereocenters. The van der Waals surface area contributed by atoms with Crippen molar-refractivity contribution in [2.75, 3.05) is 19.8 Å². The highest BCUT2D eigenvalue weighted by atomic mass is 16.8. The Morgan fingerprint density at radius 3 is 1.74 bits per heavy atom. The molecule has 4 saturated heterocycles. The SMILES string of the molecule is C[C@@H]1O[C@@H](O[C@H]2[C@H](O[C@H]3CC[C@]4(C)[C@H]5CC=C6[C@@H]7CC(C)(C)CC[C@]7(C(=O)O[C@@H]7O[C@H](CO)[C@@H](O[C@@H]8O[C@H](CO)[C@@H](O)[C@H](O)[C@H]8O)[C@H](O)[C@H]7O)[C@@H](O)C[C@@]6(C)[C@]5(C)CC[C@H]4C3(C)C)O[C@H](CO)[C@@H](O)[C@@H]2O)[C@H](O)[C@H](O)[C@H]1O. The van der Waals surface area contributed by atoms with Gasteiger partial charge in [-0.05, 0) is 110 Å². The molecule has 9 aliphatic rings. The first-order chi connectivity index (χ1) is 36.0. The second-order valence-electron chi connectivity index (χ2n) is 26.4. The van der Waals surface area contributed by atoms with Gasteiger partial charge in [0.25, 0.3) is 0 Å². The van der Waals surface area contributed by atoms with Gasteiger partial charge in [-0.2, -0.15) is 0 Å². The van der Waals surface area contributed by atoms with Gasteiger partial charge in [-0.1, -0.05) is 60.1 Å². The van der Waals surface area contributed by atoms with Crippen LogP contribution < -0.4 is 0 Å². The number of aliphatic hydroxyl groups is 14. The first kappa shape index (κ1) is 60.0. The summed E-state index contributed by atoms with van der Waals surface area (Å²) in [6, 6.07) is 0. The Morgan fingerprint density at radius 2 is 1.10 bits per heavy atom. The van der Waals surface area contributed by atoms with Crippen LogP contribution in [0.2, 0.25) is 0 Å². The topological polar surface area (TPSA) is 374 Å². The van der Waals surface area contributed by atoms with Gasteiger partial charge in [-0.3, -0.25) is 4.79 Å². The molecular weight excluding hydrogens is 1020 g/mol.